The highest BCUT2D eigenvalue weighted by Crippen LogP contribution is 2.39. The molecule has 7 nitrogen and oxygen atoms in total. The molecule has 6 rings (SSSR count). The van der Waals surface area contributed by atoms with Gasteiger partial charge < -0.3 is 9.88 Å². The van der Waals surface area contributed by atoms with Crippen LogP contribution in [0.15, 0.2) is 47.3 Å². The molecule has 7 heteroatoms. The fraction of sp³-hybridized carbons (Fsp3) is 0.407. The molecule has 1 N–H and O–H groups in total. The number of anilines is 1. The second kappa shape index (κ2) is 8.38. The topological polar surface area (TPSA) is 79.7 Å². The Kier molecular flexibility index (Phi) is 5.20. The number of para-hydroxylation sites is 1. The molecule has 2 aromatic carbocycles. The molecule has 0 saturated heterocycles. The zero-order valence-corrected chi connectivity index (χ0v) is 19.8. The third-order valence-corrected chi connectivity index (χ3v) is 7.70. The van der Waals surface area contributed by atoms with Gasteiger partial charge in [0.1, 0.15) is 6.04 Å². The summed E-state index contributed by atoms with van der Waals surface area (Å²) in [5.41, 5.74) is 6.31. The van der Waals surface area contributed by atoms with Crippen molar-refractivity contribution in [3.63, 3.8) is 0 Å². The minimum Gasteiger partial charge on any atom is -0.357 e. The Labute approximate surface area is 198 Å². The molecular formula is C27H30N6O. The molecule has 1 aliphatic heterocycles. The number of nitrogens with one attached hydrogen (secondary N) is 1. The quantitative estimate of drug-likeness (QED) is 0.480. The van der Waals surface area contributed by atoms with Gasteiger partial charge in [0.05, 0.1) is 6.04 Å². The molecule has 3 heterocycles. The first kappa shape index (κ1) is 21.1. The van der Waals surface area contributed by atoms with Crippen molar-refractivity contribution in [1.29, 1.82) is 0 Å². The molecule has 1 aliphatic carbocycles. The van der Waals surface area contributed by atoms with Gasteiger partial charge >= 0.3 is 0 Å². The van der Waals surface area contributed by atoms with E-state index in [-0.39, 0.29) is 17.6 Å². The van der Waals surface area contributed by atoms with Crippen LogP contribution in [0.5, 0.6) is 0 Å². The number of aromatic amines is 1. The van der Waals surface area contributed by atoms with E-state index >= 15 is 0 Å². The largest absolute Gasteiger partial charge is 0.357 e. The van der Waals surface area contributed by atoms with Gasteiger partial charge in [0.25, 0.3) is 5.56 Å². The fourth-order valence-electron chi connectivity index (χ4n) is 5.74. The van der Waals surface area contributed by atoms with E-state index in [1.54, 1.807) is 0 Å². The van der Waals surface area contributed by atoms with Gasteiger partial charge in [-0.3, -0.25) is 4.79 Å². The number of H-pyrrole nitrogens is 1. The summed E-state index contributed by atoms with van der Waals surface area (Å²) in [5, 5.41) is 14.1. The summed E-state index contributed by atoms with van der Waals surface area (Å²) < 4.78 is 2.01. The van der Waals surface area contributed by atoms with Crippen molar-refractivity contribution in [2.45, 2.75) is 64.5 Å². The maximum absolute atomic E-state index is 13.6. The normalized spacial score (nSPS) is 17.3. The van der Waals surface area contributed by atoms with Gasteiger partial charge in [0, 0.05) is 23.3 Å². The van der Waals surface area contributed by atoms with Crippen molar-refractivity contribution in [2.24, 2.45) is 0 Å². The summed E-state index contributed by atoms with van der Waals surface area (Å²) in [6.07, 6.45) is 6.75. The van der Waals surface area contributed by atoms with E-state index in [2.05, 4.69) is 75.7 Å². The Morgan fingerprint density at radius 3 is 2.68 bits per heavy atom. The Morgan fingerprint density at radius 2 is 1.82 bits per heavy atom. The number of fused-ring (bicyclic) bond motifs is 2. The van der Waals surface area contributed by atoms with Crippen LogP contribution in [-0.2, 0) is 6.42 Å². The van der Waals surface area contributed by atoms with Crippen LogP contribution in [0.3, 0.4) is 0 Å². The number of aryl methyl sites for hydroxylation is 2. The average Bonchev–Trinajstić information content (AvgIpc) is 3.50. The van der Waals surface area contributed by atoms with Gasteiger partial charge in [-0.2, -0.15) is 0 Å². The summed E-state index contributed by atoms with van der Waals surface area (Å²) in [5.74, 6) is 0.761. The number of hydrogen-bond donors (Lipinski definition) is 1. The predicted octanol–water partition coefficient (Wildman–Crippen LogP) is 4.79. The summed E-state index contributed by atoms with van der Waals surface area (Å²) >= 11 is 0. The third-order valence-electron chi connectivity index (χ3n) is 7.70. The maximum Gasteiger partial charge on any atom is 0.254 e. The van der Waals surface area contributed by atoms with Crippen molar-refractivity contribution in [3.8, 4) is 0 Å². The molecule has 1 fully saturated rings. The standard InChI is InChI=1S/C27H30N6O/c1-17-14-20-16-22(27(34)28-23(20)15-18(17)2)25(32-13-12-19-8-6-7-11-24(19)32)26-29-30-31-33(26)21-9-4-3-5-10-21/h6-8,11,14-16,21,25H,3-5,9-10,12-13H2,1-2H3,(H,28,34). The number of benzene rings is 2. The number of aromatic nitrogens is 5. The van der Waals surface area contributed by atoms with Crippen LogP contribution in [0.25, 0.3) is 10.9 Å². The van der Waals surface area contributed by atoms with Crippen LogP contribution < -0.4 is 10.5 Å². The van der Waals surface area contributed by atoms with Gasteiger partial charge in [-0.15, -0.1) is 5.10 Å². The SMILES string of the molecule is Cc1cc2cc(C(c3nnnn3C3CCCCC3)N3CCc4ccccc43)c(=O)[nH]c2cc1C. The minimum absolute atomic E-state index is 0.0803. The highest BCUT2D eigenvalue weighted by molar-refractivity contribution is 5.81. The average molecular weight is 455 g/mol. The van der Waals surface area contributed by atoms with Gasteiger partial charge in [-0.25, -0.2) is 4.68 Å². The molecule has 0 bridgehead atoms. The van der Waals surface area contributed by atoms with Crippen LogP contribution >= 0.6 is 0 Å². The molecule has 0 radical (unpaired) electrons. The molecule has 174 valence electrons. The lowest BCUT2D eigenvalue weighted by molar-refractivity contribution is 0.313. The van der Waals surface area contributed by atoms with E-state index < -0.39 is 0 Å². The van der Waals surface area contributed by atoms with E-state index in [0.717, 1.165) is 48.2 Å². The lowest BCUT2D eigenvalue weighted by atomic mass is 9.95. The first-order valence-electron chi connectivity index (χ1n) is 12.4. The second-order valence-electron chi connectivity index (χ2n) is 9.83. The minimum atomic E-state index is -0.352. The van der Waals surface area contributed by atoms with E-state index in [0.29, 0.717) is 5.56 Å². The molecule has 2 aromatic heterocycles. The third kappa shape index (κ3) is 3.50. The molecular weight excluding hydrogens is 424 g/mol. The van der Waals surface area contributed by atoms with E-state index in [1.165, 1.54) is 36.0 Å². The number of pyridine rings is 1. The number of tetrazole rings is 1. The first-order chi connectivity index (χ1) is 16.6. The van der Waals surface area contributed by atoms with Crippen LogP contribution in [0.1, 0.15) is 72.3 Å². The van der Waals surface area contributed by atoms with Crippen LogP contribution in [0, 0.1) is 13.8 Å². The van der Waals surface area contributed by atoms with Crippen molar-refractivity contribution >= 4 is 16.6 Å². The highest BCUT2D eigenvalue weighted by atomic mass is 16.1. The molecule has 1 atom stereocenters. The predicted molar refractivity (Wildman–Crippen MR) is 133 cm³/mol. The van der Waals surface area contributed by atoms with Gasteiger partial charge in [-0.1, -0.05) is 37.5 Å². The molecule has 2 aliphatic rings. The zero-order valence-electron chi connectivity index (χ0n) is 19.8. The Bertz CT molecular complexity index is 1410. The molecule has 0 amide bonds. The zero-order chi connectivity index (χ0) is 23.2. The highest BCUT2D eigenvalue weighted by Gasteiger charge is 2.35. The summed E-state index contributed by atoms with van der Waals surface area (Å²) in [6.45, 7) is 5.01. The lowest BCUT2D eigenvalue weighted by Crippen LogP contribution is -2.35. The molecule has 0 spiro atoms. The Hall–Kier alpha value is -3.48. The summed E-state index contributed by atoms with van der Waals surface area (Å²) in [7, 11) is 0. The lowest BCUT2D eigenvalue weighted by Gasteiger charge is -2.31. The van der Waals surface area contributed by atoms with Crippen LogP contribution in [-0.4, -0.2) is 31.7 Å². The van der Waals surface area contributed by atoms with Crippen molar-refractivity contribution < 1.29 is 0 Å². The Balaban J connectivity index is 1.55. The number of hydrogen-bond acceptors (Lipinski definition) is 5. The number of nitrogens with zero attached hydrogens (tertiary/aromatic N) is 5. The molecule has 1 saturated carbocycles. The maximum atomic E-state index is 13.6. The molecule has 4 aromatic rings. The van der Waals surface area contributed by atoms with E-state index in [4.69, 9.17) is 0 Å². The Morgan fingerprint density at radius 1 is 1.03 bits per heavy atom. The first-order valence-corrected chi connectivity index (χ1v) is 12.4. The van der Waals surface area contributed by atoms with Gasteiger partial charge in [0.15, 0.2) is 5.82 Å². The van der Waals surface area contributed by atoms with Crippen molar-refractivity contribution in [3.05, 3.63) is 80.9 Å². The smallest absolute Gasteiger partial charge is 0.254 e. The molecule has 1 unspecified atom stereocenters. The van der Waals surface area contributed by atoms with Crippen molar-refractivity contribution in [1.82, 2.24) is 25.2 Å². The number of rotatable bonds is 4. The monoisotopic (exact) mass is 454 g/mol. The van der Waals surface area contributed by atoms with Gasteiger partial charge in [-0.05, 0) is 89.9 Å². The van der Waals surface area contributed by atoms with E-state index in [1.807, 2.05) is 10.7 Å². The summed E-state index contributed by atoms with van der Waals surface area (Å²) in [4.78, 5) is 19.0. The second-order valence-corrected chi connectivity index (χ2v) is 9.83. The van der Waals surface area contributed by atoms with E-state index in [9.17, 15) is 4.79 Å². The van der Waals surface area contributed by atoms with Gasteiger partial charge in [0.2, 0.25) is 0 Å². The fourth-order valence-corrected chi connectivity index (χ4v) is 5.74. The van der Waals surface area contributed by atoms with Crippen LogP contribution in [0.4, 0.5) is 5.69 Å². The molecule has 34 heavy (non-hydrogen) atoms. The van der Waals surface area contributed by atoms with Crippen LogP contribution in [0.2, 0.25) is 0 Å². The summed E-state index contributed by atoms with van der Waals surface area (Å²) in [6, 6.07) is 14.7. The van der Waals surface area contributed by atoms with Crippen molar-refractivity contribution in [2.75, 3.05) is 11.4 Å².